The topological polar surface area (TPSA) is 52.0 Å². The molecule has 0 radical (unpaired) electrons. The molecule has 0 amide bonds. The number of benzene rings is 2. The van der Waals surface area contributed by atoms with Crippen molar-refractivity contribution in [2.75, 3.05) is 5.73 Å². The number of rotatable bonds is 1. The van der Waals surface area contributed by atoms with Gasteiger partial charge in [-0.3, -0.25) is 0 Å². The van der Waals surface area contributed by atoms with Gasteiger partial charge in [0.15, 0.2) is 5.58 Å². The average Bonchev–Trinajstić information content (AvgIpc) is 2.68. The number of oxazole rings is 1. The largest absolute Gasteiger partial charge is 0.424 e. The maximum Gasteiger partial charge on any atom is 0.293 e. The van der Waals surface area contributed by atoms with Crippen LogP contribution in [-0.4, -0.2) is 4.98 Å². The van der Waals surface area contributed by atoms with Crippen molar-refractivity contribution in [2.24, 2.45) is 0 Å². The predicted octanol–water partition coefficient (Wildman–Crippen LogP) is 3.13. The van der Waals surface area contributed by atoms with E-state index in [1.54, 1.807) is 0 Å². The molecule has 0 aliphatic heterocycles. The smallest absolute Gasteiger partial charge is 0.293 e. The van der Waals surface area contributed by atoms with Crippen molar-refractivity contribution in [3.63, 3.8) is 0 Å². The van der Waals surface area contributed by atoms with Gasteiger partial charge in [0.2, 0.25) is 0 Å². The zero-order valence-corrected chi connectivity index (χ0v) is 9.03. The fourth-order valence-electron chi connectivity index (χ4n) is 2.14. The van der Waals surface area contributed by atoms with Crippen LogP contribution in [0.3, 0.4) is 0 Å². The lowest BCUT2D eigenvalue weighted by Gasteiger charge is -2.03. The van der Waals surface area contributed by atoms with Crippen LogP contribution in [-0.2, 0) is 6.42 Å². The molecule has 0 fully saturated rings. The minimum Gasteiger partial charge on any atom is -0.424 e. The van der Waals surface area contributed by atoms with E-state index < -0.39 is 0 Å². The first-order valence-corrected chi connectivity index (χ1v) is 5.36. The zero-order chi connectivity index (χ0) is 11.1. The minimum atomic E-state index is 0.230. The van der Waals surface area contributed by atoms with Crippen molar-refractivity contribution < 1.29 is 4.42 Å². The molecule has 0 atom stereocenters. The molecule has 0 saturated heterocycles. The highest BCUT2D eigenvalue weighted by Gasteiger charge is 2.10. The molecule has 3 nitrogen and oxygen atoms in total. The standard InChI is InChI=1S/C13H12N2O/c1-2-8-7-11-12(15-13(14)16-11)10-6-4-3-5-9(8)10/h3-7H,2H2,1H3,(H2,14,15). The Bertz CT molecular complexity index is 670. The molecule has 0 unspecified atom stereocenters. The van der Waals surface area contributed by atoms with E-state index in [1.807, 2.05) is 18.2 Å². The van der Waals surface area contributed by atoms with Crippen molar-refractivity contribution in [2.45, 2.75) is 13.3 Å². The van der Waals surface area contributed by atoms with Gasteiger partial charge in [-0.1, -0.05) is 31.2 Å². The van der Waals surface area contributed by atoms with Crippen LogP contribution < -0.4 is 5.73 Å². The Morgan fingerprint density at radius 3 is 2.75 bits per heavy atom. The van der Waals surface area contributed by atoms with Gasteiger partial charge in [0, 0.05) is 5.39 Å². The molecule has 3 aromatic rings. The molecule has 1 aromatic heterocycles. The van der Waals surface area contributed by atoms with Gasteiger partial charge in [0.25, 0.3) is 6.01 Å². The van der Waals surface area contributed by atoms with Gasteiger partial charge < -0.3 is 10.2 Å². The van der Waals surface area contributed by atoms with Crippen molar-refractivity contribution in [1.82, 2.24) is 4.98 Å². The quantitative estimate of drug-likeness (QED) is 0.674. The number of aryl methyl sites for hydroxylation is 1. The second kappa shape index (κ2) is 3.23. The number of fused-ring (bicyclic) bond motifs is 3. The fraction of sp³-hybridized carbons (Fsp3) is 0.154. The van der Waals surface area contributed by atoms with E-state index in [1.165, 1.54) is 10.9 Å². The van der Waals surface area contributed by atoms with Gasteiger partial charge in [-0.05, 0) is 23.4 Å². The van der Waals surface area contributed by atoms with Gasteiger partial charge in [0.05, 0.1) is 0 Å². The van der Waals surface area contributed by atoms with E-state index in [9.17, 15) is 0 Å². The first-order valence-electron chi connectivity index (χ1n) is 5.36. The third kappa shape index (κ3) is 1.18. The Kier molecular flexibility index (Phi) is 1.86. The Labute approximate surface area is 92.9 Å². The Balaban J connectivity index is 2.56. The molecular formula is C13H12N2O. The fourth-order valence-corrected chi connectivity index (χ4v) is 2.14. The zero-order valence-electron chi connectivity index (χ0n) is 9.03. The van der Waals surface area contributed by atoms with Gasteiger partial charge in [0.1, 0.15) is 5.52 Å². The van der Waals surface area contributed by atoms with Gasteiger partial charge in [-0.25, -0.2) is 0 Å². The maximum absolute atomic E-state index is 5.60. The van der Waals surface area contributed by atoms with Crippen molar-refractivity contribution in [3.05, 3.63) is 35.9 Å². The monoisotopic (exact) mass is 212 g/mol. The molecule has 0 bridgehead atoms. The number of hydrogen-bond donors (Lipinski definition) is 1. The summed E-state index contributed by atoms with van der Waals surface area (Å²) in [5.74, 6) is 0. The summed E-state index contributed by atoms with van der Waals surface area (Å²) in [7, 11) is 0. The van der Waals surface area contributed by atoms with Crippen molar-refractivity contribution >= 4 is 27.9 Å². The summed E-state index contributed by atoms with van der Waals surface area (Å²) >= 11 is 0. The summed E-state index contributed by atoms with van der Waals surface area (Å²) in [6.45, 7) is 2.13. The highest BCUT2D eigenvalue weighted by molar-refractivity contribution is 6.05. The maximum atomic E-state index is 5.60. The lowest BCUT2D eigenvalue weighted by atomic mass is 10.0. The van der Waals surface area contributed by atoms with E-state index in [4.69, 9.17) is 10.2 Å². The highest BCUT2D eigenvalue weighted by Crippen LogP contribution is 2.29. The van der Waals surface area contributed by atoms with Crippen LogP contribution in [0.1, 0.15) is 12.5 Å². The lowest BCUT2D eigenvalue weighted by Crippen LogP contribution is -1.85. The Morgan fingerprint density at radius 1 is 1.25 bits per heavy atom. The second-order valence-corrected chi connectivity index (χ2v) is 3.83. The van der Waals surface area contributed by atoms with Crippen LogP contribution in [0.4, 0.5) is 6.01 Å². The summed E-state index contributed by atoms with van der Waals surface area (Å²) in [6.07, 6.45) is 0.969. The summed E-state index contributed by atoms with van der Waals surface area (Å²) in [5, 5.41) is 2.34. The number of aromatic nitrogens is 1. The molecule has 16 heavy (non-hydrogen) atoms. The lowest BCUT2D eigenvalue weighted by molar-refractivity contribution is 0.626. The Hall–Kier alpha value is -2.03. The molecular weight excluding hydrogens is 200 g/mol. The molecule has 3 rings (SSSR count). The van der Waals surface area contributed by atoms with Crippen molar-refractivity contribution in [3.8, 4) is 0 Å². The van der Waals surface area contributed by atoms with Crippen LogP contribution >= 0.6 is 0 Å². The van der Waals surface area contributed by atoms with Gasteiger partial charge >= 0.3 is 0 Å². The summed E-state index contributed by atoms with van der Waals surface area (Å²) in [4.78, 5) is 4.23. The second-order valence-electron chi connectivity index (χ2n) is 3.83. The number of hydrogen-bond acceptors (Lipinski definition) is 3. The average molecular weight is 212 g/mol. The van der Waals surface area contributed by atoms with E-state index in [0.717, 1.165) is 22.9 Å². The Morgan fingerprint density at radius 2 is 2.00 bits per heavy atom. The highest BCUT2D eigenvalue weighted by atomic mass is 16.4. The van der Waals surface area contributed by atoms with E-state index >= 15 is 0 Å². The van der Waals surface area contributed by atoms with Crippen LogP contribution in [0.15, 0.2) is 34.7 Å². The number of nitrogens with zero attached hydrogens (tertiary/aromatic N) is 1. The molecule has 0 aliphatic carbocycles. The molecule has 0 aliphatic rings. The summed E-state index contributed by atoms with van der Waals surface area (Å²) < 4.78 is 5.39. The molecule has 0 saturated carbocycles. The molecule has 80 valence electrons. The van der Waals surface area contributed by atoms with Gasteiger partial charge in [-0.2, -0.15) is 4.98 Å². The molecule has 2 aromatic carbocycles. The van der Waals surface area contributed by atoms with E-state index in [2.05, 4.69) is 24.0 Å². The van der Waals surface area contributed by atoms with Crippen LogP contribution in [0.5, 0.6) is 0 Å². The number of anilines is 1. The third-order valence-corrected chi connectivity index (χ3v) is 2.88. The summed E-state index contributed by atoms with van der Waals surface area (Å²) in [6, 6.07) is 10.5. The van der Waals surface area contributed by atoms with Gasteiger partial charge in [-0.15, -0.1) is 0 Å². The van der Waals surface area contributed by atoms with E-state index in [-0.39, 0.29) is 6.01 Å². The van der Waals surface area contributed by atoms with E-state index in [0.29, 0.717) is 0 Å². The molecule has 3 heteroatoms. The van der Waals surface area contributed by atoms with Crippen LogP contribution in [0.25, 0.3) is 21.9 Å². The van der Waals surface area contributed by atoms with Crippen molar-refractivity contribution in [1.29, 1.82) is 0 Å². The number of nitrogens with two attached hydrogens (primary N) is 1. The molecule has 1 heterocycles. The number of nitrogen functional groups attached to an aromatic ring is 1. The molecule has 0 spiro atoms. The van der Waals surface area contributed by atoms with Crippen LogP contribution in [0, 0.1) is 0 Å². The predicted molar refractivity (Wildman–Crippen MR) is 65.3 cm³/mol. The third-order valence-electron chi connectivity index (χ3n) is 2.88. The first-order chi connectivity index (χ1) is 7.79. The molecule has 2 N–H and O–H groups in total. The first kappa shape index (κ1) is 9.21. The van der Waals surface area contributed by atoms with Crippen LogP contribution in [0.2, 0.25) is 0 Å². The summed E-state index contributed by atoms with van der Waals surface area (Å²) in [5.41, 5.74) is 8.48. The minimum absolute atomic E-state index is 0.230. The SMILES string of the molecule is CCc1cc2oc(N)nc2c2ccccc12. The normalized spacial score (nSPS) is 11.3.